The van der Waals surface area contributed by atoms with Crippen LogP contribution in [0.1, 0.15) is 32.6 Å². The van der Waals surface area contributed by atoms with Crippen LogP contribution in [0, 0.1) is 11.8 Å². The highest BCUT2D eigenvalue weighted by Crippen LogP contribution is 2.29. The average Bonchev–Trinajstić information content (AvgIpc) is 2.10. The second-order valence-corrected chi connectivity index (χ2v) is 3.74. The van der Waals surface area contributed by atoms with E-state index in [4.69, 9.17) is 0 Å². The second-order valence-electron chi connectivity index (χ2n) is 3.74. The van der Waals surface area contributed by atoms with Crippen molar-refractivity contribution in [2.45, 2.75) is 32.6 Å². The van der Waals surface area contributed by atoms with Crippen molar-refractivity contribution < 1.29 is 9.59 Å². The van der Waals surface area contributed by atoms with Crippen molar-refractivity contribution in [3.05, 3.63) is 12.2 Å². The summed E-state index contributed by atoms with van der Waals surface area (Å²) in [5, 5.41) is 0. The molecule has 0 saturated heterocycles. The Bertz CT molecular complexity index is 218. The third-order valence-corrected chi connectivity index (χ3v) is 2.79. The van der Waals surface area contributed by atoms with E-state index < -0.39 is 0 Å². The first-order chi connectivity index (χ1) is 6.25. The van der Waals surface area contributed by atoms with Crippen molar-refractivity contribution in [1.29, 1.82) is 0 Å². The predicted octanol–water partition coefficient (Wildman–Crippen LogP) is 2.14. The summed E-state index contributed by atoms with van der Waals surface area (Å²) >= 11 is 0. The molecule has 0 aromatic heterocycles. The minimum atomic E-state index is 0.157. The number of allylic oxidation sites excluding steroid dienone is 2. The van der Waals surface area contributed by atoms with Crippen molar-refractivity contribution in [1.82, 2.24) is 0 Å². The van der Waals surface area contributed by atoms with Gasteiger partial charge in [0.25, 0.3) is 0 Å². The lowest BCUT2D eigenvalue weighted by atomic mass is 9.78. The molecule has 1 aliphatic carbocycles. The Kier molecular flexibility index (Phi) is 3.87. The van der Waals surface area contributed by atoms with Crippen molar-refractivity contribution in [2.75, 3.05) is 0 Å². The number of ketones is 1. The van der Waals surface area contributed by atoms with Crippen LogP contribution >= 0.6 is 0 Å². The van der Waals surface area contributed by atoms with Gasteiger partial charge in [-0.3, -0.25) is 9.59 Å². The highest BCUT2D eigenvalue weighted by atomic mass is 16.1. The molecule has 1 saturated carbocycles. The third kappa shape index (κ3) is 2.79. The molecular weight excluding hydrogens is 164 g/mol. The first-order valence-electron chi connectivity index (χ1n) is 4.88. The van der Waals surface area contributed by atoms with Gasteiger partial charge in [0.15, 0.2) is 0 Å². The molecule has 0 spiro atoms. The number of aldehydes is 1. The first kappa shape index (κ1) is 10.2. The zero-order valence-electron chi connectivity index (χ0n) is 8.03. The number of hydrogen-bond acceptors (Lipinski definition) is 2. The van der Waals surface area contributed by atoms with Gasteiger partial charge in [-0.05, 0) is 31.3 Å². The molecule has 0 bridgehead atoms. The molecule has 0 N–H and O–H groups in total. The Morgan fingerprint density at radius 1 is 1.54 bits per heavy atom. The summed E-state index contributed by atoms with van der Waals surface area (Å²) < 4.78 is 0. The summed E-state index contributed by atoms with van der Waals surface area (Å²) in [7, 11) is 0. The van der Waals surface area contributed by atoms with Crippen LogP contribution in [0.15, 0.2) is 12.2 Å². The summed E-state index contributed by atoms with van der Waals surface area (Å²) in [6.07, 6.45) is 7.69. The predicted molar refractivity (Wildman–Crippen MR) is 51.3 cm³/mol. The van der Waals surface area contributed by atoms with Crippen LogP contribution in [0.4, 0.5) is 0 Å². The lowest BCUT2D eigenvalue weighted by Crippen LogP contribution is -2.25. The maximum atomic E-state index is 11.5. The zero-order chi connectivity index (χ0) is 9.68. The van der Waals surface area contributed by atoms with Crippen LogP contribution in [0.5, 0.6) is 0 Å². The van der Waals surface area contributed by atoms with Crippen molar-refractivity contribution in [2.24, 2.45) is 11.8 Å². The molecule has 2 nitrogen and oxygen atoms in total. The van der Waals surface area contributed by atoms with Crippen molar-refractivity contribution in [3.8, 4) is 0 Å². The molecule has 0 unspecified atom stereocenters. The Morgan fingerprint density at radius 2 is 2.31 bits per heavy atom. The van der Waals surface area contributed by atoms with E-state index in [2.05, 4.69) is 6.92 Å². The molecule has 2 heteroatoms. The smallest absolute Gasteiger partial charge is 0.142 e. The molecule has 0 aromatic rings. The van der Waals surface area contributed by atoms with E-state index in [1.807, 2.05) is 0 Å². The molecule has 0 aromatic carbocycles. The zero-order valence-corrected chi connectivity index (χ0v) is 8.03. The normalized spacial score (nSPS) is 29.5. The van der Waals surface area contributed by atoms with Gasteiger partial charge in [-0.15, -0.1) is 0 Å². The Labute approximate surface area is 79.0 Å². The van der Waals surface area contributed by atoms with E-state index in [1.165, 1.54) is 6.08 Å². The fourth-order valence-electron chi connectivity index (χ4n) is 1.95. The number of hydrogen-bond donors (Lipinski definition) is 0. The molecule has 1 rings (SSSR count). The summed E-state index contributed by atoms with van der Waals surface area (Å²) in [5.41, 5.74) is 0. The van der Waals surface area contributed by atoms with E-state index in [0.29, 0.717) is 11.7 Å². The quantitative estimate of drug-likeness (QED) is 0.492. The fraction of sp³-hybridized carbons (Fsp3) is 0.636. The topological polar surface area (TPSA) is 34.1 Å². The largest absolute Gasteiger partial charge is 0.299 e. The fourth-order valence-corrected chi connectivity index (χ4v) is 1.95. The number of carbonyl (C=O) groups is 2. The van der Waals surface area contributed by atoms with E-state index in [0.717, 1.165) is 32.0 Å². The van der Waals surface area contributed by atoms with Gasteiger partial charge >= 0.3 is 0 Å². The minimum Gasteiger partial charge on any atom is -0.299 e. The third-order valence-electron chi connectivity index (χ3n) is 2.79. The van der Waals surface area contributed by atoms with Crippen LogP contribution in [-0.4, -0.2) is 12.1 Å². The van der Waals surface area contributed by atoms with Gasteiger partial charge in [0, 0.05) is 12.3 Å². The van der Waals surface area contributed by atoms with E-state index >= 15 is 0 Å². The molecule has 0 aliphatic heterocycles. The van der Waals surface area contributed by atoms with Crippen LogP contribution in [0.25, 0.3) is 0 Å². The molecule has 0 heterocycles. The second kappa shape index (κ2) is 4.95. The molecular formula is C11H16O2. The van der Waals surface area contributed by atoms with Crippen LogP contribution < -0.4 is 0 Å². The van der Waals surface area contributed by atoms with E-state index in [9.17, 15) is 9.59 Å². The van der Waals surface area contributed by atoms with Gasteiger partial charge in [0.05, 0.1) is 0 Å². The van der Waals surface area contributed by atoms with Gasteiger partial charge in [0.2, 0.25) is 0 Å². The van der Waals surface area contributed by atoms with Crippen LogP contribution in [0.2, 0.25) is 0 Å². The Hall–Kier alpha value is -0.920. The van der Waals surface area contributed by atoms with E-state index in [1.54, 1.807) is 6.08 Å². The van der Waals surface area contributed by atoms with Gasteiger partial charge < -0.3 is 0 Å². The Morgan fingerprint density at radius 3 is 2.92 bits per heavy atom. The maximum absolute atomic E-state index is 11.5. The van der Waals surface area contributed by atoms with E-state index in [-0.39, 0.29) is 5.92 Å². The van der Waals surface area contributed by atoms with Crippen LogP contribution in [-0.2, 0) is 9.59 Å². The van der Waals surface area contributed by atoms with Crippen LogP contribution in [0.3, 0.4) is 0 Å². The summed E-state index contributed by atoms with van der Waals surface area (Å²) in [4.78, 5) is 21.5. The van der Waals surface area contributed by atoms with Crippen molar-refractivity contribution >= 4 is 12.1 Å². The molecule has 1 aliphatic rings. The van der Waals surface area contributed by atoms with Crippen molar-refractivity contribution in [3.63, 3.8) is 0 Å². The SMILES string of the molecule is C[C@@H]1CCCC(=O)[C@H]1C/C=C/C=O. The lowest BCUT2D eigenvalue weighted by molar-refractivity contribution is -0.126. The lowest BCUT2D eigenvalue weighted by Gasteiger charge is -2.26. The number of Topliss-reactive ketones (excluding diaryl/α,β-unsaturated/α-hetero) is 1. The highest BCUT2D eigenvalue weighted by molar-refractivity contribution is 5.82. The summed E-state index contributed by atoms with van der Waals surface area (Å²) in [6, 6.07) is 0. The summed E-state index contributed by atoms with van der Waals surface area (Å²) in [6.45, 7) is 2.12. The number of carbonyl (C=O) groups excluding carboxylic acids is 2. The standard InChI is InChI=1S/C11H16O2/c1-9-5-4-7-11(13)10(9)6-2-3-8-12/h2-3,8-10H,4-7H2,1H3/b3-2+/t9-,10+/m1/s1. The summed E-state index contributed by atoms with van der Waals surface area (Å²) in [5.74, 6) is 1.01. The first-order valence-corrected chi connectivity index (χ1v) is 4.88. The monoisotopic (exact) mass is 180 g/mol. The molecule has 13 heavy (non-hydrogen) atoms. The molecule has 2 atom stereocenters. The average molecular weight is 180 g/mol. The van der Waals surface area contributed by atoms with Gasteiger partial charge in [-0.25, -0.2) is 0 Å². The maximum Gasteiger partial charge on any atom is 0.142 e. The van der Waals surface area contributed by atoms with Gasteiger partial charge in [-0.1, -0.05) is 13.0 Å². The van der Waals surface area contributed by atoms with Gasteiger partial charge in [0.1, 0.15) is 12.1 Å². The molecule has 1 fully saturated rings. The van der Waals surface area contributed by atoms with Gasteiger partial charge in [-0.2, -0.15) is 0 Å². The number of rotatable bonds is 3. The Balaban J connectivity index is 2.48. The highest BCUT2D eigenvalue weighted by Gasteiger charge is 2.27. The molecule has 0 amide bonds. The molecule has 0 radical (unpaired) electrons. The minimum absolute atomic E-state index is 0.157. The molecule has 72 valence electrons.